The van der Waals surface area contributed by atoms with Gasteiger partial charge in [0.1, 0.15) is 12.7 Å². The molecule has 0 amide bonds. The van der Waals surface area contributed by atoms with Crippen LogP contribution in [-0.4, -0.2) is 17.4 Å². The van der Waals surface area contributed by atoms with E-state index in [1.807, 2.05) is 37.3 Å². The molecule has 82 valence electrons. The molecule has 1 aromatic carbocycles. The molecule has 3 atom stereocenters. The Kier molecular flexibility index (Phi) is 4.80. The Hall–Kier alpha value is -0.850. The van der Waals surface area contributed by atoms with Crippen LogP contribution < -0.4 is 0 Å². The molecule has 15 heavy (non-hydrogen) atoms. The SMILES string of the molecule is C=C(OCC(O)c1ccccc1)C(C)P. The highest BCUT2D eigenvalue weighted by atomic mass is 31.0. The zero-order valence-corrected chi connectivity index (χ0v) is 10.0. The summed E-state index contributed by atoms with van der Waals surface area (Å²) in [5.41, 5.74) is 1.06. The second-order valence-corrected chi connectivity index (χ2v) is 4.49. The van der Waals surface area contributed by atoms with Crippen molar-refractivity contribution in [2.75, 3.05) is 6.61 Å². The number of aliphatic hydroxyl groups excluding tert-OH is 1. The molecule has 1 N–H and O–H groups in total. The van der Waals surface area contributed by atoms with Crippen LogP contribution in [0.5, 0.6) is 0 Å². The van der Waals surface area contributed by atoms with E-state index in [-0.39, 0.29) is 12.3 Å². The predicted molar refractivity (Wildman–Crippen MR) is 65.7 cm³/mol. The number of rotatable bonds is 5. The van der Waals surface area contributed by atoms with E-state index in [9.17, 15) is 5.11 Å². The maximum Gasteiger partial charge on any atom is 0.118 e. The zero-order chi connectivity index (χ0) is 11.3. The van der Waals surface area contributed by atoms with Crippen LogP contribution >= 0.6 is 9.24 Å². The Bertz CT molecular complexity index is 309. The second kappa shape index (κ2) is 5.89. The van der Waals surface area contributed by atoms with Gasteiger partial charge in [0, 0.05) is 5.66 Å². The fourth-order valence-electron chi connectivity index (χ4n) is 1.09. The third-order valence-electron chi connectivity index (χ3n) is 2.12. The fourth-order valence-corrected chi connectivity index (χ4v) is 1.19. The van der Waals surface area contributed by atoms with Gasteiger partial charge in [0.25, 0.3) is 0 Å². The van der Waals surface area contributed by atoms with Crippen LogP contribution in [0.3, 0.4) is 0 Å². The molecule has 0 radical (unpaired) electrons. The van der Waals surface area contributed by atoms with Crippen molar-refractivity contribution < 1.29 is 9.84 Å². The molecular formula is C12H17O2P. The van der Waals surface area contributed by atoms with Gasteiger partial charge < -0.3 is 9.84 Å². The molecule has 0 bridgehead atoms. The molecule has 1 rings (SSSR count). The van der Waals surface area contributed by atoms with Gasteiger partial charge in [-0.3, -0.25) is 0 Å². The summed E-state index contributed by atoms with van der Waals surface area (Å²) in [4.78, 5) is 0. The lowest BCUT2D eigenvalue weighted by Crippen LogP contribution is -2.09. The molecule has 0 saturated carbocycles. The highest BCUT2D eigenvalue weighted by Crippen LogP contribution is 2.16. The van der Waals surface area contributed by atoms with E-state index in [2.05, 4.69) is 15.8 Å². The van der Waals surface area contributed by atoms with Crippen molar-refractivity contribution >= 4 is 9.24 Å². The van der Waals surface area contributed by atoms with Gasteiger partial charge >= 0.3 is 0 Å². The minimum absolute atomic E-state index is 0.202. The summed E-state index contributed by atoms with van der Waals surface area (Å²) in [6, 6.07) is 9.46. The molecule has 3 heteroatoms. The highest BCUT2D eigenvalue weighted by Gasteiger charge is 2.09. The van der Waals surface area contributed by atoms with E-state index < -0.39 is 6.10 Å². The maximum absolute atomic E-state index is 9.78. The van der Waals surface area contributed by atoms with E-state index >= 15 is 0 Å². The van der Waals surface area contributed by atoms with Crippen molar-refractivity contribution in [1.29, 1.82) is 0 Å². The van der Waals surface area contributed by atoms with Crippen molar-refractivity contribution in [2.45, 2.75) is 18.7 Å². The summed E-state index contributed by atoms with van der Waals surface area (Å²) in [5.74, 6) is 0.676. The summed E-state index contributed by atoms with van der Waals surface area (Å²) in [5, 5.41) is 9.78. The molecule has 0 heterocycles. The van der Waals surface area contributed by atoms with Crippen molar-refractivity contribution in [3.8, 4) is 0 Å². The largest absolute Gasteiger partial charge is 0.495 e. The van der Waals surface area contributed by atoms with Gasteiger partial charge in [-0.2, -0.15) is 0 Å². The third-order valence-corrected chi connectivity index (χ3v) is 2.49. The van der Waals surface area contributed by atoms with Crippen LogP contribution in [0.15, 0.2) is 42.7 Å². The van der Waals surface area contributed by atoms with Gasteiger partial charge in [-0.25, -0.2) is 0 Å². The Balaban J connectivity index is 2.44. The predicted octanol–water partition coefficient (Wildman–Crippen LogP) is 2.51. The summed E-state index contributed by atoms with van der Waals surface area (Å²) >= 11 is 0. The topological polar surface area (TPSA) is 29.5 Å². The van der Waals surface area contributed by atoms with E-state index in [0.29, 0.717) is 5.76 Å². The first-order valence-corrected chi connectivity index (χ1v) is 5.58. The Morgan fingerprint density at radius 1 is 1.47 bits per heavy atom. The molecule has 2 nitrogen and oxygen atoms in total. The van der Waals surface area contributed by atoms with Crippen LogP contribution in [0, 0.1) is 0 Å². The average molecular weight is 224 g/mol. The lowest BCUT2D eigenvalue weighted by molar-refractivity contribution is 0.0701. The lowest BCUT2D eigenvalue weighted by Gasteiger charge is -2.15. The number of ether oxygens (including phenoxy) is 1. The first kappa shape index (κ1) is 12.2. The highest BCUT2D eigenvalue weighted by molar-refractivity contribution is 7.17. The van der Waals surface area contributed by atoms with E-state index in [4.69, 9.17) is 4.74 Å². The van der Waals surface area contributed by atoms with Crippen LogP contribution in [-0.2, 0) is 4.74 Å². The van der Waals surface area contributed by atoms with Gasteiger partial charge in [0.05, 0.1) is 5.76 Å². The molecular weight excluding hydrogens is 207 g/mol. The van der Waals surface area contributed by atoms with E-state index in [1.54, 1.807) is 0 Å². The Morgan fingerprint density at radius 3 is 2.60 bits per heavy atom. The average Bonchev–Trinajstić information content (AvgIpc) is 2.26. The lowest BCUT2D eigenvalue weighted by atomic mass is 10.1. The molecule has 0 spiro atoms. The second-order valence-electron chi connectivity index (χ2n) is 3.49. The summed E-state index contributed by atoms with van der Waals surface area (Å²) in [7, 11) is 2.60. The van der Waals surface area contributed by atoms with Gasteiger partial charge in [0.2, 0.25) is 0 Å². The molecule has 3 unspecified atom stereocenters. The number of allylic oxidation sites excluding steroid dienone is 1. The molecule has 0 aliphatic carbocycles. The van der Waals surface area contributed by atoms with Crippen LogP contribution in [0.2, 0.25) is 0 Å². The van der Waals surface area contributed by atoms with Crippen LogP contribution in [0.25, 0.3) is 0 Å². The minimum atomic E-state index is -0.591. The van der Waals surface area contributed by atoms with E-state index in [0.717, 1.165) is 5.56 Å². The van der Waals surface area contributed by atoms with Gasteiger partial charge in [-0.05, 0) is 5.56 Å². The number of hydrogen-bond acceptors (Lipinski definition) is 2. The molecule has 1 aromatic rings. The summed E-state index contributed by atoms with van der Waals surface area (Å²) in [6.07, 6.45) is -0.591. The molecule has 0 aromatic heterocycles. The van der Waals surface area contributed by atoms with Crippen LogP contribution in [0.4, 0.5) is 0 Å². The maximum atomic E-state index is 9.78. The number of benzene rings is 1. The number of hydrogen-bond donors (Lipinski definition) is 1. The minimum Gasteiger partial charge on any atom is -0.495 e. The Labute approximate surface area is 93.2 Å². The van der Waals surface area contributed by atoms with Crippen molar-refractivity contribution in [1.82, 2.24) is 0 Å². The van der Waals surface area contributed by atoms with Crippen molar-refractivity contribution in [3.63, 3.8) is 0 Å². The molecule has 0 fully saturated rings. The first-order valence-electron chi connectivity index (χ1n) is 4.91. The molecule has 0 aliphatic rings. The Morgan fingerprint density at radius 2 is 2.07 bits per heavy atom. The number of aliphatic hydroxyl groups is 1. The quantitative estimate of drug-likeness (QED) is 0.615. The summed E-state index contributed by atoms with van der Waals surface area (Å²) in [6.45, 7) is 5.99. The standard InChI is InChI=1S/C12H17O2P/c1-9(10(2)15)14-8-12(13)11-6-4-3-5-7-11/h3-7,10,12-13H,1,8,15H2,2H3. The third kappa shape index (κ3) is 4.03. The smallest absolute Gasteiger partial charge is 0.118 e. The molecule has 0 aliphatic heterocycles. The summed E-state index contributed by atoms with van der Waals surface area (Å²) < 4.78 is 5.35. The monoisotopic (exact) mass is 224 g/mol. The molecule has 0 saturated heterocycles. The normalized spacial score (nSPS) is 14.3. The van der Waals surface area contributed by atoms with E-state index in [1.165, 1.54) is 0 Å². The van der Waals surface area contributed by atoms with Gasteiger partial charge in [-0.1, -0.05) is 43.8 Å². The van der Waals surface area contributed by atoms with Crippen molar-refractivity contribution in [3.05, 3.63) is 48.2 Å². The van der Waals surface area contributed by atoms with Gasteiger partial charge in [0.15, 0.2) is 0 Å². The van der Waals surface area contributed by atoms with Crippen LogP contribution in [0.1, 0.15) is 18.6 Å². The fraction of sp³-hybridized carbons (Fsp3) is 0.333. The zero-order valence-electron chi connectivity index (χ0n) is 8.89. The van der Waals surface area contributed by atoms with Gasteiger partial charge in [-0.15, -0.1) is 9.24 Å². The first-order chi connectivity index (χ1) is 7.11. The van der Waals surface area contributed by atoms with Crippen molar-refractivity contribution in [2.24, 2.45) is 0 Å².